The summed E-state index contributed by atoms with van der Waals surface area (Å²) in [4.78, 5) is 8.03. The first kappa shape index (κ1) is 12.9. The zero-order valence-electron chi connectivity index (χ0n) is 11.2. The molecule has 0 bridgehead atoms. The van der Waals surface area contributed by atoms with Crippen molar-refractivity contribution in [1.29, 1.82) is 0 Å². The normalized spacial score (nSPS) is 27.8. The van der Waals surface area contributed by atoms with Gasteiger partial charge >= 0.3 is 0 Å². The second kappa shape index (κ2) is 5.42. The lowest BCUT2D eigenvalue weighted by Gasteiger charge is -2.31. The lowest BCUT2D eigenvalue weighted by atomic mass is 9.82. The summed E-state index contributed by atoms with van der Waals surface area (Å²) in [5.41, 5.74) is 5.61. The number of nitrogens with two attached hydrogens (primary N) is 1. The Morgan fingerprint density at radius 3 is 2.33 bits per heavy atom. The van der Waals surface area contributed by atoms with Gasteiger partial charge in [0.1, 0.15) is 6.10 Å². The molecule has 18 heavy (non-hydrogen) atoms. The Hall–Kier alpha value is -1.52. The van der Waals surface area contributed by atoms with E-state index in [1.807, 2.05) is 0 Å². The van der Waals surface area contributed by atoms with Crippen LogP contribution < -0.4 is 15.2 Å². The molecule has 1 aliphatic carbocycles. The number of anilines is 1. The molecule has 100 valence electrons. The highest BCUT2D eigenvalue weighted by molar-refractivity contribution is 5.29. The summed E-state index contributed by atoms with van der Waals surface area (Å²) < 4.78 is 11.0. The van der Waals surface area contributed by atoms with Gasteiger partial charge in [0.05, 0.1) is 13.2 Å². The maximum Gasteiger partial charge on any atom is 0.226 e. The third-order valence-electron chi connectivity index (χ3n) is 3.33. The zero-order chi connectivity index (χ0) is 13.1. The standard InChI is InChI=1S/C13H21N3O2/c1-8-4-9(2)6-10(5-8)18-12-7-11(17-3)15-13(14)16-12/h7-10H,4-6H2,1-3H3,(H2,14,15,16). The van der Waals surface area contributed by atoms with Crippen LogP contribution in [-0.4, -0.2) is 23.2 Å². The van der Waals surface area contributed by atoms with Crippen molar-refractivity contribution in [2.24, 2.45) is 11.8 Å². The molecule has 0 aliphatic heterocycles. The van der Waals surface area contributed by atoms with E-state index in [9.17, 15) is 0 Å². The van der Waals surface area contributed by atoms with Crippen molar-refractivity contribution in [3.8, 4) is 11.8 Å². The molecule has 0 spiro atoms. The van der Waals surface area contributed by atoms with E-state index in [4.69, 9.17) is 15.2 Å². The lowest BCUT2D eigenvalue weighted by molar-refractivity contribution is 0.0964. The number of nitrogen functional groups attached to an aromatic ring is 1. The summed E-state index contributed by atoms with van der Waals surface area (Å²) in [6.07, 6.45) is 3.62. The van der Waals surface area contributed by atoms with Crippen LogP contribution >= 0.6 is 0 Å². The van der Waals surface area contributed by atoms with Gasteiger partial charge in [0.2, 0.25) is 17.7 Å². The summed E-state index contributed by atoms with van der Waals surface area (Å²) >= 11 is 0. The van der Waals surface area contributed by atoms with E-state index in [-0.39, 0.29) is 12.1 Å². The minimum absolute atomic E-state index is 0.182. The minimum atomic E-state index is 0.182. The minimum Gasteiger partial charge on any atom is -0.481 e. The van der Waals surface area contributed by atoms with Crippen molar-refractivity contribution in [3.63, 3.8) is 0 Å². The van der Waals surface area contributed by atoms with E-state index >= 15 is 0 Å². The Morgan fingerprint density at radius 1 is 1.11 bits per heavy atom. The fraction of sp³-hybridized carbons (Fsp3) is 0.692. The van der Waals surface area contributed by atoms with Crippen LogP contribution in [0.25, 0.3) is 0 Å². The summed E-state index contributed by atoms with van der Waals surface area (Å²) in [6, 6.07) is 1.68. The van der Waals surface area contributed by atoms with Gasteiger partial charge in [0, 0.05) is 0 Å². The third-order valence-corrected chi connectivity index (χ3v) is 3.33. The Balaban J connectivity index is 2.06. The fourth-order valence-corrected chi connectivity index (χ4v) is 2.73. The van der Waals surface area contributed by atoms with E-state index < -0.39 is 0 Å². The maximum absolute atomic E-state index is 5.91. The number of rotatable bonds is 3. The molecule has 1 aromatic rings. The molecule has 1 heterocycles. The average Bonchev–Trinajstić information content (AvgIpc) is 2.26. The Kier molecular flexibility index (Phi) is 3.89. The monoisotopic (exact) mass is 251 g/mol. The summed E-state index contributed by atoms with van der Waals surface area (Å²) in [5.74, 6) is 2.51. The van der Waals surface area contributed by atoms with Crippen LogP contribution in [0.4, 0.5) is 5.95 Å². The molecule has 2 rings (SSSR count). The number of nitrogens with zero attached hydrogens (tertiary/aromatic N) is 2. The van der Waals surface area contributed by atoms with Gasteiger partial charge in [-0.3, -0.25) is 0 Å². The van der Waals surface area contributed by atoms with Crippen LogP contribution in [0.3, 0.4) is 0 Å². The molecule has 0 radical (unpaired) electrons. The molecule has 1 fully saturated rings. The second-order valence-electron chi connectivity index (χ2n) is 5.26. The summed E-state index contributed by atoms with van der Waals surface area (Å²) in [5, 5.41) is 0. The lowest BCUT2D eigenvalue weighted by Crippen LogP contribution is -2.28. The van der Waals surface area contributed by atoms with Crippen LogP contribution in [0.5, 0.6) is 11.8 Å². The van der Waals surface area contributed by atoms with Crippen molar-refractivity contribution in [1.82, 2.24) is 9.97 Å². The molecule has 0 amide bonds. The van der Waals surface area contributed by atoms with Gasteiger partial charge in [0.15, 0.2) is 0 Å². The highest BCUT2D eigenvalue weighted by Gasteiger charge is 2.25. The van der Waals surface area contributed by atoms with Gasteiger partial charge in [-0.25, -0.2) is 0 Å². The predicted molar refractivity (Wildman–Crippen MR) is 69.6 cm³/mol. The molecule has 1 saturated carbocycles. The molecular weight excluding hydrogens is 230 g/mol. The number of hydrogen-bond acceptors (Lipinski definition) is 5. The zero-order valence-corrected chi connectivity index (χ0v) is 11.2. The highest BCUT2D eigenvalue weighted by atomic mass is 16.5. The molecule has 1 aliphatic rings. The van der Waals surface area contributed by atoms with Crippen LogP contribution in [0.1, 0.15) is 33.1 Å². The topological polar surface area (TPSA) is 70.3 Å². The first-order valence-corrected chi connectivity index (χ1v) is 6.42. The molecule has 0 aromatic carbocycles. The molecule has 2 unspecified atom stereocenters. The summed E-state index contributed by atoms with van der Waals surface area (Å²) in [6.45, 7) is 4.53. The largest absolute Gasteiger partial charge is 0.481 e. The molecule has 5 heteroatoms. The average molecular weight is 251 g/mol. The molecule has 0 saturated heterocycles. The van der Waals surface area contributed by atoms with Gasteiger partial charge in [-0.05, 0) is 31.1 Å². The Bertz CT molecular complexity index is 401. The van der Waals surface area contributed by atoms with Gasteiger partial charge < -0.3 is 15.2 Å². The quantitative estimate of drug-likeness (QED) is 0.892. The van der Waals surface area contributed by atoms with E-state index in [0.29, 0.717) is 23.6 Å². The van der Waals surface area contributed by atoms with Gasteiger partial charge in [-0.2, -0.15) is 9.97 Å². The highest BCUT2D eigenvalue weighted by Crippen LogP contribution is 2.31. The maximum atomic E-state index is 5.91. The fourth-order valence-electron chi connectivity index (χ4n) is 2.73. The SMILES string of the molecule is COc1cc(OC2CC(C)CC(C)C2)nc(N)n1. The molecular formula is C13H21N3O2. The van der Waals surface area contributed by atoms with Crippen LogP contribution in [-0.2, 0) is 0 Å². The summed E-state index contributed by atoms with van der Waals surface area (Å²) in [7, 11) is 1.55. The van der Waals surface area contributed by atoms with E-state index in [1.54, 1.807) is 13.2 Å². The van der Waals surface area contributed by atoms with Gasteiger partial charge in [-0.15, -0.1) is 0 Å². The van der Waals surface area contributed by atoms with Crippen molar-refractivity contribution in [2.75, 3.05) is 12.8 Å². The van der Waals surface area contributed by atoms with E-state index in [0.717, 1.165) is 12.8 Å². The number of aromatic nitrogens is 2. The van der Waals surface area contributed by atoms with Crippen molar-refractivity contribution in [3.05, 3.63) is 6.07 Å². The van der Waals surface area contributed by atoms with Crippen LogP contribution in [0.2, 0.25) is 0 Å². The second-order valence-corrected chi connectivity index (χ2v) is 5.26. The first-order chi connectivity index (χ1) is 8.56. The van der Waals surface area contributed by atoms with Crippen LogP contribution in [0.15, 0.2) is 6.07 Å². The van der Waals surface area contributed by atoms with E-state index in [1.165, 1.54) is 6.42 Å². The Labute approximate surface area is 108 Å². The number of ether oxygens (including phenoxy) is 2. The number of hydrogen-bond donors (Lipinski definition) is 1. The Morgan fingerprint density at radius 2 is 1.72 bits per heavy atom. The molecule has 5 nitrogen and oxygen atoms in total. The van der Waals surface area contributed by atoms with Crippen molar-refractivity contribution >= 4 is 5.95 Å². The molecule has 2 atom stereocenters. The van der Waals surface area contributed by atoms with Crippen LogP contribution in [0, 0.1) is 11.8 Å². The van der Waals surface area contributed by atoms with Gasteiger partial charge in [-0.1, -0.05) is 13.8 Å². The number of methoxy groups -OCH3 is 1. The molecule has 2 N–H and O–H groups in total. The van der Waals surface area contributed by atoms with Crippen molar-refractivity contribution in [2.45, 2.75) is 39.2 Å². The predicted octanol–water partition coefficient (Wildman–Crippen LogP) is 2.27. The van der Waals surface area contributed by atoms with E-state index in [2.05, 4.69) is 23.8 Å². The first-order valence-electron chi connectivity index (χ1n) is 6.42. The third kappa shape index (κ3) is 3.24. The smallest absolute Gasteiger partial charge is 0.226 e. The van der Waals surface area contributed by atoms with Crippen molar-refractivity contribution < 1.29 is 9.47 Å². The van der Waals surface area contributed by atoms with Gasteiger partial charge in [0.25, 0.3) is 0 Å². The molecule has 1 aromatic heterocycles.